The van der Waals surface area contributed by atoms with Crippen LogP contribution in [0.25, 0.3) is 0 Å². The van der Waals surface area contributed by atoms with E-state index in [1.165, 1.54) is 5.56 Å². The molecule has 2 fully saturated rings. The normalized spacial score (nSPS) is 22.5. The summed E-state index contributed by atoms with van der Waals surface area (Å²) in [4.78, 5) is 15.1. The standard InChI is InChI=1S/C28H37NO5/c1-4-32-24-18-25(21-8-6-5-7-9-21)34-28(19-24)14-16-29(17-15-28)26(30)22-10-12-23(13-11-22)33-20-27(2,3)31/h5-13,24-25,31H,4,14-20H2,1-3H3. The number of piperidine rings is 1. The van der Waals surface area contributed by atoms with Gasteiger partial charge in [-0.15, -0.1) is 0 Å². The van der Waals surface area contributed by atoms with Gasteiger partial charge < -0.3 is 24.2 Å². The molecular weight excluding hydrogens is 430 g/mol. The number of carbonyl (C=O) groups is 1. The molecule has 6 nitrogen and oxygen atoms in total. The maximum absolute atomic E-state index is 13.1. The van der Waals surface area contributed by atoms with Crippen LogP contribution in [0, 0.1) is 0 Å². The molecule has 184 valence electrons. The second-order valence-electron chi connectivity index (χ2n) is 10.1. The SMILES string of the molecule is CCOC1CC(c2ccccc2)OC2(CCN(C(=O)c3ccc(OCC(C)(C)O)cc3)CC2)C1. The fraction of sp³-hybridized carbons (Fsp3) is 0.536. The Balaban J connectivity index is 1.38. The summed E-state index contributed by atoms with van der Waals surface area (Å²) in [5.41, 5.74) is 0.673. The molecule has 0 radical (unpaired) electrons. The highest BCUT2D eigenvalue weighted by Gasteiger charge is 2.45. The molecule has 2 aromatic carbocycles. The number of benzene rings is 2. The molecule has 34 heavy (non-hydrogen) atoms. The van der Waals surface area contributed by atoms with Crippen molar-refractivity contribution >= 4 is 5.91 Å². The predicted molar refractivity (Wildman–Crippen MR) is 131 cm³/mol. The van der Waals surface area contributed by atoms with E-state index >= 15 is 0 Å². The van der Waals surface area contributed by atoms with E-state index < -0.39 is 5.60 Å². The smallest absolute Gasteiger partial charge is 0.253 e. The Labute approximate surface area is 202 Å². The lowest BCUT2D eigenvalue weighted by Crippen LogP contribution is -2.52. The number of rotatable bonds is 7. The first-order valence-corrected chi connectivity index (χ1v) is 12.4. The molecule has 2 aliphatic heterocycles. The number of hydrogen-bond donors (Lipinski definition) is 1. The fourth-order valence-corrected chi connectivity index (χ4v) is 4.95. The van der Waals surface area contributed by atoms with Crippen molar-refractivity contribution in [1.29, 1.82) is 0 Å². The monoisotopic (exact) mass is 467 g/mol. The van der Waals surface area contributed by atoms with Crippen molar-refractivity contribution in [1.82, 2.24) is 4.90 Å². The third kappa shape index (κ3) is 6.17. The second-order valence-corrected chi connectivity index (χ2v) is 10.1. The average Bonchev–Trinajstić information content (AvgIpc) is 2.83. The van der Waals surface area contributed by atoms with E-state index in [1.54, 1.807) is 38.1 Å². The largest absolute Gasteiger partial charge is 0.491 e. The lowest BCUT2D eigenvalue weighted by molar-refractivity contribution is -0.190. The van der Waals surface area contributed by atoms with Crippen molar-refractivity contribution in [2.75, 3.05) is 26.3 Å². The van der Waals surface area contributed by atoms with Crippen LogP contribution in [0.3, 0.4) is 0 Å². The van der Waals surface area contributed by atoms with Gasteiger partial charge in [-0.2, -0.15) is 0 Å². The number of ether oxygens (including phenoxy) is 3. The summed E-state index contributed by atoms with van der Waals surface area (Å²) in [7, 11) is 0. The molecule has 0 saturated carbocycles. The van der Waals surface area contributed by atoms with Crippen molar-refractivity contribution in [3.63, 3.8) is 0 Å². The molecule has 0 aliphatic carbocycles. The number of amides is 1. The molecule has 2 aromatic rings. The lowest BCUT2D eigenvalue weighted by atomic mass is 9.80. The van der Waals surface area contributed by atoms with Gasteiger partial charge in [0.15, 0.2) is 0 Å². The Morgan fingerprint density at radius 1 is 1.12 bits per heavy atom. The average molecular weight is 468 g/mol. The lowest BCUT2D eigenvalue weighted by Gasteiger charge is -2.48. The summed E-state index contributed by atoms with van der Waals surface area (Å²) in [6, 6.07) is 17.5. The molecule has 2 atom stereocenters. The first kappa shape index (κ1) is 24.7. The third-order valence-corrected chi connectivity index (χ3v) is 6.70. The van der Waals surface area contributed by atoms with Crippen LogP contribution in [-0.2, 0) is 9.47 Å². The summed E-state index contributed by atoms with van der Waals surface area (Å²) in [5, 5.41) is 9.82. The van der Waals surface area contributed by atoms with Crippen molar-refractivity contribution in [3.05, 3.63) is 65.7 Å². The predicted octanol–water partition coefficient (Wildman–Crippen LogP) is 4.77. The highest BCUT2D eigenvalue weighted by atomic mass is 16.5. The molecule has 2 unspecified atom stereocenters. The van der Waals surface area contributed by atoms with E-state index in [0.29, 0.717) is 31.0 Å². The Hall–Kier alpha value is -2.41. The molecule has 4 rings (SSSR count). The van der Waals surface area contributed by atoms with Gasteiger partial charge in [0.25, 0.3) is 5.91 Å². The van der Waals surface area contributed by atoms with Crippen LogP contribution in [0.15, 0.2) is 54.6 Å². The van der Waals surface area contributed by atoms with Gasteiger partial charge in [0, 0.05) is 38.1 Å². The molecule has 6 heteroatoms. The zero-order valence-corrected chi connectivity index (χ0v) is 20.5. The van der Waals surface area contributed by atoms with Crippen LogP contribution in [-0.4, -0.2) is 59.5 Å². The third-order valence-electron chi connectivity index (χ3n) is 6.70. The summed E-state index contributed by atoms with van der Waals surface area (Å²) in [5.74, 6) is 0.668. The Morgan fingerprint density at radius 3 is 2.41 bits per heavy atom. The van der Waals surface area contributed by atoms with E-state index in [1.807, 2.05) is 17.9 Å². The molecule has 2 saturated heterocycles. The Bertz CT molecular complexity index is 930. The van der Waals surface area contributed by atoms with Gasteiger partial charge in [-0.1, -0.05) is 30.3 Å². The molecule has 0 bridgehead atoms. The van der Waals surface area contributed by atoms with Crippen LogP contribution >= 0.6 is 0 Å². The highest BCUT2D eigenvalue weighted by Crippen LogP contribution is 2.44. The zero-order valence-electron chi connectivity index (χ0n) is 20.5. The van der Waals surface area contributed by atoms with E-state index in [2.05, 4.69) is 24.3 Å². The van der Waals surface area contributed by atoms with Gasteiger partial charge in [-0.3, -0.25) is 4.79 Å². The van der Waals surface area contributed by atoms with E-state index in [4.69, 9.17) is 14.2 Å². The molecule has 2 heterocycles. The maximum atomic E-state index is 13.1. The summed E-state index contributed by atoms with van der Waals surface area (Å²) in [6.07, 6.45) is 3.54. The van der Waals surface area contributed by atoms with Crippen molar-refractivity contribution < 1.29 is 24.1 Å². The van der Waals surface area contributed by atoms with E-state index in [0.717, 1.165) is 25.7 Å². The zero-order chi connectivity index (χ0) is 24.2. The van der Waals surface area contributed by atoms with Crippen LogP contribution in [0.4, 0.5) is 0 Å². The number of hydrogen-bond acceptors (Lipinski definition) is 5. The molecule has 1 amide bonds. The summed E-state index contributed by atoms with van der Waals surface area (Å²) < 4.78 is 18.4. The number of aliphatic hydroxyl groups is 1. The molecule has 1 N–H and O–H groups in total. The van der Waals surface area contributed by atoms with Gasteiger partial charge in [-0.25, -0.2) is 0 Å². The van der Waals surface area contributed by atoms with E-state index in [-0.39, 0.29) is 30.3 Å². The minimum absolute atomic E-state index is 0.0187. The number of nitrogens with zero attached hydrogens (tertiary/aromatic N) is 1. The molecular formula is C28H37NO5. The van der Waals surface area contributed by atoms with Crippen molar-refractivity contribution in [3.8, 4) is 5.75 Å². The van der Waals surface area contributed by atoms with Gasteiger partial charge in [-0.05, 0) is 63.4 Å². The summed E-state index contributed by atoms with van der Waals surface area (Å²) in [6.45, 7) is 7.66. The fourth-order valence-electron chi connectivity index (χ4n) is 4.95. The van der Waals surface area contributed by atoms with Gasteiger partial charge in [0.1, 0.15) is 12.4 Å². The van der Waals surface area contributed by atoms with Gasteiger partial charge in [0.05, 0.1) is 23.4 Å². The van der Waals surface area contributed by atoms with Crippen molar-refractivity contribution in [2.24, 2.45) is 0 Å². The minimum atomic E-state index is -0.903. The molecule has 1 spiro atoms. The topological polar surface area (TPSA) is 68.2 Å². The van der Waals surface area contributed by atoms with Crippen LogP contribution in [0.1, 0.15) is 68.5 Å². The molecule has 2 aliphatic rings. The first-order valence-electron chi connectivity index (χ1n) is 12.4. The first-order chi connectivity index (χ1) is 16.3. The second kappa shape index (κ2) is 10.5. The number of likely N-dealkylation sites (tertiary alicyclic amines) is 1. The summed E-state index contributed by atoms with van der Waals surface area (Å²) >= 11 is 0. The minimum Gasteiger partial charge on any atom is -0.491 e. The van der Waals surface area contributed by atoms with Crippen molar-refractivity contribution in [2.45, 2.75) is 69.9 Å². The van der Waals surface area contributed by atoms with Crippen LogP contribution < -0.4 is 4.74 Å². The molecule has 0 aromatic heterocycles. The number of carbonyl (C=O) groups excluding carboxylic acids is 1. The highest BCUT2D eigenvalue weighted by molar-refractivity contribution is 5.94. The van der Waals surface area contributed by atoms with E-state index in [9.17, 15) is 9.90 Å². The van der Waals surface area contributed by atoms with Gasteiger partial charge >= 0.3 is 0 Å². The van der Waals surface area contributed by atoms with Crippen LogP contribution in [0.5, 0.6) is 5.75 Å². The van der Waals surface area contributed by atoms with Gasteiger partial charge in [0.2, 0.25) is 0 Å². The van der Waals surface area contributed by atoms with Crippen LogP contribution in [0.2, 0.25) is 0 Å². The Kier molecular flexibility index (Phi) is 7.60. The quantitative estimate of drug-likeness (QED) is 0.635. The maximum Gasteiger partial charge on any atom is 0.253 e. The Morgan fingerprint density at radius 2 is 1.79 bits per heavy atom.